The van der Waals surface area contributed by atoms with Crippen LogP contribution in [0.25, 0.3) is 0 Å². The van der Waals surface area contributed by atoms with Crippen molar-refractivity contribution in [3.8, 4) is 0 Å². The maximum absolute atomic E-state index is 12.9. The Balaban J connectivity index is 1.99. The zero-order valence-corrected chi connectivity index (χ0v) is 17.2. The van der Waals surface area contributed by atoms with Crippen molar-refractivity contribution in [2.45, 2.75) is 16.7 Å². The molecule has 0 saturated heterocycles. The van der Waals surface area contributed by atoms with Crippen LogP contribution in [0.2, 0.25) is 5.02 Å². The molecule has 29 heavy (non-hydrogen) atoms. The van der Waals surface area contributed by atoms with Gasteiger partial charge in [-0.3, -0.25) is 14.9 Å². The fourth-order valence-corrected chi connectivity index (χ4v) is 4.16. The minimum atomic E-state index is -1.78. The molecule has 0 saturated carbocycles. The number of aryl methyl sites for hydroxylation is 1. The van der Waals surface area contributed by atoms with Crippen molar-refractivity contribution in [3.05, 3.63) is 93.0 Å². The molecule has 0 aliphatic carbocycles. The van der Waals surface area contributed by atoms with Gasteiger partial charge < -0.3 is 4.90 Å². The van der Waals surface area contributed by atoms with E-state index in [0.717, 1.165) is 5.56 Å². The van der Waals surface area contributed by atoms with Crippen molar-refractivity contribution in [2.75, 3.05) is 11.9 Å². The maximum Gasteiger partial charge on any atom is 0.286 e. The maximum atomic E-state index is 12.9. The minimum Gasteiger partial charge on any atom is -0.311 e. The van der Waals surface area contributed by atoms with Crippen LogP contribution >= 0.6 is 11.6 Å². The predicted octanol–water partition coefficient (Wildman–Crippen LogP) is 5.00. The second-order valence-electron chi connectivity index (χ2n) is 6.31. The molecule has 148 valence electrons. The normalized spacial score (nSPS) is 11.7. The summed E-state index contributed by atoms with van der Waals surface area (Å²) in [6.45, 7) is 1.87. The lowest BCUT2D eigenvalue weighted by atomic mass is 10.1. The lowest BCUT2D eigenvalue weighted by Crippen LogP contribution is -2.27. The van der Waals surface area contributed by atoms with Crippen LogP contribution in [0.5, 0.6) is 0 Å². The first-order chi connectivity index (χ1) is 13.8. The van der Waals surface area contributed by atoms with Gasteiger partial charge in [0.15, 0.2) is 0 Å². The standard InChI is InChI=1S/C21H17ClN2O4S/c1-14-5-3-4-6-18(14)23(2)21(25)15-7-12-20(19(13-15)24(26)27)29(28)17-10-8-16(22)9-11-17/h3-13H,1-2H3. The first-order valence-corrected chi connectivity index (χ1v) is 10.1. The van der Waals surface area contributed by atoms with E-state index in [9.17, 15) is 19.1 Å². The summed E-state index contributed by atoms with van der Waals surface area (Å²) in [6, 6.07) is 17.6. The Labute approximate surface area is 175 Å². The molecular formula is C21H17ClN2O4S. The van der Waals surface area contributed by atoms with E-state index in [0.29, 0.717) is 15.6 Å². The summed E-state index contributed by atoms with van der Waals surface area (Å²) in [4.78, 5) is 25.7. The highest BCUT2D eigenvalue weighted by atomic mass is 35.5. The Morgan fingerprint density at radius 1 is 1.07 bits per heavy atom. The molecule has 3 aromatic carbocycles. The Hall–Kier alpha value is -3.03. The molecule has 0 radical (unpaired) electrons. The fraction of sp³-hybridized carbons (Fsp3) is 0.0952. The van der Waals surface area contributed by atoms with Gasteiger partial charge in [0.2, 0.25) is 0 Å². The monoisotopic (exact) mass is 428 g/mol. The number of hydrogen-bond acceptors (Lipinski definition) is 4. The van der Waals surface area contributed by atoms with Crippen molar-refractivity contribution >= 4 is 39.7 Å². The molecular weight excluding hydrogens is 412 g/mol. The van der Waals surface area contributed by atoms with Crippen LogP contribution in [0, 0.1) is 17.0 Å². The molecule has 0 heterocycles. The lowest BCUT2D eigenvalue weighted by molar-refractivity contribution is -0.387. The van der Waals surface area contributed by atoms with Gasteiger partial charge in [0.1, 0.15) is 4.90 Å². The van der Waals surface area contributed by atoms with Gasteiger partial charge in [-0.05, 0) is 55.0 Å². The zero-order chi connectivity index (χ0) is 21.1. The molecule has 3 rings (SSSR count). The van der Waals surface area contributed by atoms with Crippen LogP contribution in [0.1, 0.15) is 15.9 Å². The number of benzene rings is 3. The molecule has 0 bridgehead atoms. The number of rotatable bonds is 5. The van der Waals surface area contributed by atoms with Crippen LogP contribution < -0.4 is 4.90 Å². The number of nitro groups is 1. The summed E-state index contributed by atoms with van der Waals surface area (Å²) in [7, 11) is -0.177. The average Bonchev–Trinajstić information content (AvgIpc) is 2.72. The number of hydrogen-bond donors (Lipinski definition) is 0. The largest absolute Gasteiger partial charge is 0.311 e. The summed E-state index contributed by atoms with van der Waals surface area (Å²) < 4.78 is 12.8. The number of carbonyl (C=O) groups is 1. The zero-order valence-electron chi connectivity index (χ0n) is 15.7. The number of amides is 1. The summed E-state index contributed by atoms with van der Waals surface area (Å²) >= 11 is 5.84. The van der Waals surface area contributed by atoms with E-state index in [1.807, 2.05) is 25.1 Å². The third kappa shape index (κ3) is 4.36. The highest BCUT2D eigenvalue weighted by molar-refractivity contribution is 7.85. The molecule has 0 fully saturated rings. The van der Waals surface area contributed by atoms with E-state index in [1.165, 1.54) is 23.1 Å². The number of nitro benzene ring substituents is 1. The van der Waals surface area contributed by atoms with Crippen molar-refractivity contribution in [1.82, 2.24) is 0 Å². The Bertz CT molecular complexity index is 1120. The molecule has 0 spiro atoms. The number of carbonyl (C=O) groups excluding carboxylic acids is 1. The predicted molar refractivity (Wildman–Crippen MR) is 113 cm³/mol. The van der Waals surface area contributed by atoms with Gasteiger partial charge in [-0.25, -0.2) is 4.21 Å². The van der Waals surface area contributed by atoms with Crippen LogP contribution in [0.3, 0.4) is 0 Å². The number of para-hydroxylation sites is 1. The van der Waals surface area contributed by atoms with Crippen LogP contribution in [-0.4, -0.2) is 22.1 Å². The summed E-state index contributed by atoms with van der Waals surface area (Å²) in [5.41, 5.74) is 1.37. The quantitative estimate of drug-likeness (QED) is 0.423. The van der Waals surface area contributed by atoms with E-state index in [-0.39, 0.29) is 16.1 Å². The van der Waals surface area contributed by atoms with Crippen molar-refractivity contribution in [3.63, 3.8) is 0 Å². The molecule has 6 nitrogen and oxygen atoms in total. The van der Waals surface area contributed by atoms with Crippen molar-refractivity contribution < 1.29 is 13.9 Å². The molecule has 0 aliphatic rings. The van der Waals surface area contributed by atoms with Crippen molar-refractivity contribution in [2.24, 2.45) is 0 Å². The number of nitrogens with zero attached hydrogens (tertiary/aromatic N) is 2. The molecule has 0 aromatic heterocycles. The first-order valence-electron chi connectivity index (χ1n) is 8.59. The molecule has 3 aromatic rings. The van der Waals surface area contributed by atoms with Gasteiger partial charge in [0, 0.05) is 34.3 Å². The van der Waals surface area contributed by atoms with Gasteiger partial charge in [-0.15, -0.1) is 0 Å². The summed E-state index contributed by atoms with van der Waals surface area (Å²) in [6.07, 6.45) is 0. The number of halogens is 1. The minimum absolute atomic E-state index is 0.0208. The molecule has 0 aliphatic heterocycles. The smallest absolute Gasteiger partial charge is 0.286 e. The second-order valence-corrected chi connectivity index (χ2v) is 8.20. The highest BCUT2D eigenvalue weighted by Crippen LogP contribution is 2.29. The fourth-order valence-electron chi connectivity index (χ4n) is 2.88. The van der Waals surface area contributed by atoms with Gasteiger partial charge in [0.05, 0.1) is 15.7 Å². The Kier molecular flexibility index (Phi) is 6.10. The highest BCUT2D eigenvalue weighted by Gasteiger charge is 2.24. The van der Waals surface area contributed by atoms with Crippen LogP contribution in [0.15, 0.2) is 76.5 Å². The van der Waals surface area contributed by atoms with E-state index in [1.54, 1.807) is 37.4 Å². The molecule has 1 atom stereocenters. The Morgan fingerprint density at radius 2 is 1.72 bits per heavy atom. The van der Waals surface area contributed by atoms with Crippen LogP contribution in [-0.2, 0) is 10.8 Å². The average molecular weight is 429 g/mol. The molecule has 0 N–H and O–H groups in total. The Morgan fingerprint density at radius 3 is 2.34 bits per heavy atom. The van der Waals surface area contributed by atoms with Gasteiger partial charge in [0.25, 0.3) is 11.6 Å². The molecule has 1 amide bonds. The first kappa shape index (κ1) is 20.7. The van der Waals surface area contributed by atoms with Crippen LogP contribution in [0.4, 0.5) is 11.4 Å². The van der Waals surface area contributed by atoms with Crippen molar-refractivity contribution in [1.29, 1.82) is 0 Å². The van der Waals surface area contributed by atoms with Gasteiger partial charge >= 0.3 is 0 Å². The van der Waals surface area contributed by atoms with E-state index in [2.05, 4.69) is 0 Å². The second kappa shape index (κ2) is 8.55. The summed E-state index contributed by atoms with van der Waals surface area (Å²) in [5, 5.41) is 12.1. The summed E-state index contributed by atoms with van der Waals surface area (Å²) in [5.74, 6) is -0.397. The van der Waals surface area contributed by atoms with Gasteiger partial charge in [-0.1, -0.05) is 29.8 Å². The van der Waals surface area contributed by atoms with E-state index < -0.39 is 21.6 Å². The van der Waals surface area contributed by atoms with E-state index >= 15 is 0 Å². The lowest BCUT2D eigenvalue weighted by Gasteiger charge is -2.19. The third-order valence-corrected chi connectivity index (χ3v) is 6.11. The molecule has 8 heteroatoms. The number of anilines is 1. The topological polar surface area (TPSA) is 80.5 Å². The van der Waals surface area contributed by atoms with Gasteiger partial charge in [-0.2, -0.15) is 0 Å². The SMILES string of the molecule is Cc1ccccc1N(C)C(=O)c1ccc(S(=O)c2ccc(Cl)cc2)c([N+](=O)[O-])c1. The molecule has 1 unspecified atom stereocenters. The third-order valence-electron chi connectivity index (χ3n) is 4.41. The van der Waals surface area contributed by atoms with E-state index in [4.69, 9.17) is 11.6 Å².